The molecule has 0 heterocycles. The zero-order chi connectivity index (χ0) is 29.1. The molecule has 40 heavy (non-hydrogen) atoms. The Morgan fingerprint density at radius 1 is 0.925 bits per heavy atom. The molecule has 210 valence electrons. The maximum Gasteiger partial charge on any atom is 0.329 e. The first-order valence-electron chi connectivity index (χ1n) is 11.8. The number of hydrogen-bond donors (Lipinski definition) is 3. The lowest BCUT2D eigenvalue weighted by Gasteiger charge is -2.13. The van der Waals surface area contributed by atoms with Gasteiger partial charge in [-0.2, -0.15) is 5.10 Å². The van der Waals surface area contributed by atoms with Crippen molar-refractivity contribution in [2.75, 3.05) is 31.0 Å². The van der Waals surface area contributed by atoms with Gasteiger partial charge in [-0.1, -0.05) is 30.1 Å². The average Bonchev–Trinajstić information content (AvgIpc) is 2.93. The largest absolute Gasteiger partial charge is 0.494 e. The summed E-state index contributed by atoms with van der Waals surface area (Å²) in [5, 5.41) is 9.69. The van der Waals surface area contributed by atoms with Gasteiger partial charge in [-0.25, -0.2) is 5.43 Å². The van der Waals surface area contributed by atoms with E-state index in [4.69, 9.17) is 37.4 Å². The highest BCUT2D eigenvalue weighted by Crippen LogP contribution is 2.33. The van der Waals surface area contributed by atoms with Gasteiger partial charge in [-0.3, -0.25) is 14.4 Å². The fourth-order valence-corrected chi connectivity index (χ4v) is 4.20. The minimum Gasteiger partial charge on any atom is -0.494 e. The second-order valence-corrected chi connectivity index (χ2v) is 10.0. The Morgan fingerprint density at radius 3 is 2.33 bits per heavy atom. The van der Waals surface area contributed by atoms with E-state index in [1.807, 2.05) is 29.5 Å². The van der Waals surface area contributed by atoms with Crippen molar-refractivity contribution in [2.24, 2.45) is 5.10 Å². The number of rotatable bonds is 11. The predicted octanol–water partition coefficient (Wildman–Crippen LogP) is 5.50. The van der Waals surface area contributed by atoms with E-state index < -0.39 is 17.7 Å². The Morgan fingerprint density at radius 2 is 1.65 bits per heavy atom. The molecule has 3 aromatic carbocycles. The fourth-order valence-electron chi connectivity index (χ4n) is 3.12. The third kappa shape index (κ3) is 9.28. The molecule has 13 heteroatoms. The van der Waals surface area contributed by atoms with E-state index in [0.717, 1.165) is 6.42 Å². The highest BCUT2D eigenvalue weighted by molar-refractivity contribution is 14.1. The van der Waals surface area contributed by atoms with Crippen molar-refractivity contribution in [1.82, 2.24) is 5.43 Å². The minimum absolute atomic E-state index is 0.292. The van der Waals surface area contributed by atoms with Crippen molar-refractivity contribution in [1.29, 1.82) is 0 Å². The third-order valence-corrected chi connectivity index (χ3v) is 6.51. The molecule has 0 bridgehead atoms. The van der Waals surface area contributed by atoms with Crippen molar-refractivity contribution in [3.05, 3.63) is 73.8 Å². The van der Waals surface area contributed by atoms with Crippen LogP contribution < -0.4 is 30.3 Å². The molecule has 0 saturated carbocycles. The van der Waals surface area contributed by atoms with Gasteiger partial charge in [0.25, 0.3) is 5.91 Å². The maximum atomic E-state index is 12.3. The summed E-state index contributed by atoms with van der Waals surface area (Å²) >= 11 is 13.9. The third-order valence-electron chi connectivity index (χ3n) is 4.97. The molecule has 3 aromatic rings. The van der Waals surface area contributed by atoms with E-state index in [-0.39, 0.29) is 6.61 Å². The van der Waals surface area contributed by atoms with Crippen LogP contribution in [0, 0.1) is 3.57 Å². The number of carbonyl (C=O) groups excluding carboxylic acids is 3. The number of halogens is 3. The average molecular weight is 699 g/mol. The highest BCUT2D eigenvalue weighted by Gasteiger charge is 2.15. The van der Waals surface area contributed by atoms with Gasteiger partial charge in [0.1, 0.15) is 5.75 Å². The summed E-state index contributed by atoms with van der Waals surface area (Å²) in [6.45, 7) is 2.30. The summed E-state index contributed by atoms with van der Waals surface area (Å²) in [5.41, 5.74) is 3.65. The predicted molar refractivity (Wildman–Crippen MR) is 163 cm³/mol. The lowest BCUT2D eigenvalue weighted by Crippen LogP contribution is -2.32. The van der Waals surface area contributed by atoms with Crippen LogP contribution in [0.2, 0.25) is 10.0 Å². The molecule has 0 unspecified atom stereocenters. The summed E-state index contributed by atoms with van der Waals surface area (Å²) in [4.78, 5) is 36.7. The zero-order valence-electron chi connectivity index (χ0n) is 21.4. The molecule has 0 aromatic heterocycles. The van der Waals surface area contributed by atoms with Gasteiger partial charge < -0.3 is 24.8 Å². The first kappa shape index (κ1) is 31.0. The molecule has 0 saturated heterocycles. The standard InChI is InChI=1S/C27H25Cl2IN4O6/c1-3-10-39-19-7-4-17(5-8-19)33-26(36)27(37)34-31-14-16-11-22(30)25(23(12-16)38-2)40-15-24(35)32-18-6-9-20(28)21(29)13-18/h4-9,11-14H,3,10,15H2,1-2H3,(H,32,35)(H,33,36)(H,34,37)/b31-14-. The molecule has 3 N–H and O–H groups in total. The van der Waals surface area contributed by atoms with E-state index in [1.165, 1.54) is 19.4 Å². The minimum atomic E-state index is -0.947. The van der Waals surface area contributed by atoms with Gasteiger partial charge in [0.05, 0.1) is 33.5 Å². The Bertz CT molecular complexity index is 1400. The summed E-state index contributed by atoms with van der Waals surface area (Å²) in [6.07, 6.45) is 2.22. The molecule has 0 spiro atoms. The Kier molecular flexibility index (Phi) is 11.8. The zero-order valence-corrected chi connectivity index (χ0v) is 25.1. The van der Waals surface area contributed by atoms with Crippen LogP contribution >= 0.6 is 45.8 Å². The molecule has 10 nitrogen and oxygen atoms in total. The second-order valence-electron chi connectivity index (χ2n) is 8.03. The van der Waals surface area contributed by atoms with Crippen molar-refractivity contribution in [3.63, 3.8) is 0 Å². The normalized spacial score (nSPS) is 10.6. The summed E-state index contributed by atoms with van der Waals surface area (Å²) in [5.74, 6) is -0.887. The number of anilines is 2. The van der Waals surface area contributed by atoms with Gasteiger partial charge in [0.2, 0.25) is 0 Å². The molecule has 0 atom stereocenters. The van der Waals surface area contributed by atoms with E-state index in [9.17, 15) is 14.4 Å². The number of benzene rings is 3. The van der Waals surface area contributed by atoms with E-state index >= 15 is 0 Å². The van der Waals surface area contributed by atoms with Gasteiger partial charge >= 0.3 is 11.8 Å². The lowest BCUT2D eigenvalue weighted by atomic mass is 10.2. The quantitative estimate of drug-likeness (QED) is 0.105. The monoisotopic (exact) mass is 698 g/mol. The first-order valence-corrected chi connectivity index (χ1v) is 13.7. The lowest BCUT2D eigenvalue weighted by molar-refractivity contribution is -0.136. The fraction of sp³-hybridized carbons (Fsp3) is 0.185. The molecule has 0 aliphatic heterocycles. The molecular weight excluding hydrogens is 674 g/mol. The van der Waals surface area contributed by atoms with Crippen LogP contribution in [0.15, 0.2) is 59.7 Å². The van der Waals surface area contributed by atoms with Crippen molar-refractivity contribution >= 4 is 81.1 Å². The molecule has 3 amide bonds. The van der Waals surface area contributed by atoms with Crippen LogP contribution in [0.4, 0.5) is 11.4 Å². The van der Waals surface area contributed by atoms with E-state index in [1.54, 1.807) is 48.5 Å². The number of methoxy groups -OCH3 is 1. The SMILES string of the molecule is CCCOc1ccc(NC(=O)C(=O)N/N=C\c2cc(I)c(OCC(=O)Nc3ccc(Cl)c(Cl)c3)c(OC)c2)cc1. The van der Waals surface area contributed by atoms with Crippen LogP contribution in [-0.2, 0) is 14.4 Å². The number of hydrogen-bond acceptors (Lipinski definition) is 7. The highest BCUT2D eigenvalue weighted by atomic mass is 127. The van der Waals surface area contributed by atoms with Gasteiger partial charge in [0, 0.05) is 11.4 Å². The number of nitrogens with zero attached hydrogens (tertiary/aromatic N) is 1. The van der Waals surface area contributed by atoms with Gasteiger partial charge in [0.15, 0.2) is 18.1 Å². The second kappa shape index (κ2) is 15.3. The molecule has 0 aliphatic rings. The Balaban J connectivity index is 1.54. The van der Waals surface area contributed by atoms with Crippen molar-refractivity contribution in [2.45, 2.75) is 13.3 Å². The van der Waals surface area contributed by atoms with E-state index in [2.05, 4.69) is 21.2 Å². The maximum absolute atomic E-state index is 12.3. The molecule has 3 rings (SSSR count). The number of carbonyl (C=O) groups is 3. The smallest absolute Gasteiger partial charge is 0.329 e. The number of hydrazone groups is 1. The summed E-state index contributed by atoms with van der Waals surface area (Å²) in [6, 6.07) is 14.7. The summed E-state index contributed by atoms with van der Waals surface area (Å²) < 4.78 is 17.2. The van der Waals surface area contributed by atoms with Crippen LogP contribution in [0.5, 0.6) is 17.2 Å². The Hall–Kier alpha value is -3.55. The van der Waals surface area contributed by atoms with Gasteiger partial charge in [-0.15, -0.1) is 0 Å². The van der Waals surface area contributed by atoms with Crippen LogP contribution in [-0.4, -0.2) is 44.3 Å². The summed E-state index contributed by atoms with van der Waals surface area (Å²) in [7, 11) is 1.45. The molecule has 0 aliphatic carbocycles. The van der Waals surface area contributed by atoms with E-state index in [0.29, 0.717) is 54.4 Å². The van der Waals surface area contributed by atoms with Crippen LogP contribution in [0.1, 0.15) is 18.9 Å². The number of ether oxygens (including phenoxy) is 3. The molecule has 0 radical (unpaired) electrons. The van der Waals surface area contributed by atoms with Gasteiger partial charge in [-0.05, 0) is 89.2 Å². The first-order chi connectivity index (χ1) is 19.2. The number of nitrogens with one attached hydrogen (secondary N) is 3. The van der Waals surface area contributed by atoms with Crippen LogP contribution in [0.3, 0.4) is 0 Å². The topological polar surface area (TPSA) is 127 Å². The molecule has 0 fully saturated rings. The number of amides is 3. The molecular formula is C27H25Cl2IN4O6. The van der Waals surface area contributed by atoms with Crippen LogP contribution in [0.25, 0.3) is 0 Å². The van der Waals surface area contributed by atoms with Crippen molar-refractivity contribution in [3.8, 4) is 17.2 Å². The Labute approximate surface area is 254 Å². The van der Waals surface area contributed by atoms with Crippen molar-refractivity contribution < 1.29 is 28.6 Å².